The molecule has 1 aliphatic heterocycles. The molecule has 19 heavy (non-hydrogen) atoms. The van der Waals surface area contributed by atoms with Gasteiger partial charge in [-0.3, -0.25) is 15.0 Å². The number of aliphatic hydroxyl groups is 1. The lowest BCUT2D eigenvalue weighted by atomic mass is 9.97. The highest BCUT2D eigenvalue weighted by Crippen LogP contribution is 2.21. The van der Waals surface area contributed by atoms with Gasteiger partial charge in [0.15, 0.2) is 0 Å². The number of piperidine rings is 1. The van der Waals surface area contributed by atoms with E-state index in [1.807, 2.05) is 0 Å². The van der Waals surface area contributed by atoms with Crippen molar-refractivity contribution in [2.45, 2.75) is 19.4 Å². The van der Waals surface area contributed by atoms with Gasteiger partial charge in [0.1, 0.15) is 5.82 Å². The van der Waals surface area contributed by atoms with Gasteiger partial charge in [-0.25, -0.2) is 4.39 Å². The Bertz CT molecular complexity index is 459. The molecule has 1 saturated heterocycles. The van der Waals surface area contributed by atoms with Gasteiger partial charge in [0.2, 0.25) is 0 Å². The summed E-state index contributed by atoms with van der Waals surface area (Å²) < 4.78 is 13.7. The zero-order chi connectivity index (χ0) is 13.8. The van der Waals surface area contributed by atoms with Crippen LogP contribution < -0.4 is 0 Å². The lowest BCUT2D eigenvalue weighted by Crippen LogP contribution is -2.34. The van der Waals surface area contributed by atoms with E-state index in [0.717, 1.165) is 32.0 Å². The zero-order valence-electron chi connectivity index (χ0n) is 10.6. The first-order chi connectivity index (χ1) is 9.10. The molecule has 1 heterocycles. The van der Waals surface area contributed by atoms with Crippen LogP contribution in [-0.4, -0.2) is 34.6 Å². The van der Waals surface area contributed by atoms with Crippen LogP contribution in [0.4, 0.5) is 10.1 Å². The van der Waals surface area contributed by atoms with Gasteiger partial charge in [0.25, 0.3) is 5.69 Å². The highest BCUT2D eigenvalue weighted by Gasteiger charge is 2.20. The molecule has 104 valence electrons. The minimum atomic E-state index is -0.598. The van der Waals surface area contributed by atoms with Crippen molar-refractivity contribution in [3.63, 3.8) is 0 Å². The summed E-state index contributed by atoms with van der Waals surface area (Å²) in [5.74, 6) is -0.184. The Morgan fingerprint density at radius 1 is 1.42 bits per heavy atom. The highest BCUT2D eigenvalue weighted by molar-refractivity contribution is 5.34. The summed E-state index contributed by atoms with van der Waals surface area (Å²) in [5, 5.41) is 19.6. The van der Waals surface area contributed by atoms with Crippen LogP contribution in [0.3, 0.4) is 0 Å². The number of hydrogen-bond acceptors (Lipinski definition) is 4. The molecule has 0 unspecified atom stereocenters. The molecule has 1 aliphatic rings. The summed E-state index contributed by atoms with van der Waals surface area (Å²) in [7, 11) is 0. The number of hydrogen-bond donors (Lipinski definition) is 1. The fraction of sp³-hybridized carbons (Fsp3) is 0.538. The first-order valence-electron chi connectivity index (χ1n) is 6.36. The Hall–Kier alpha value is -1.53. The molecule has 0 spiro atoms. The summed E-state index contributed by atoms with van der Waals surface area (Å²) in [6, 6.07) is 3.78. The van der Waals surface area contributed by atoms with Crippen molar-refractivity contribution in [2.24, 2.45) is 5.92 Å². The SMILES string of the molecule is O=[N+]([O-])c1ccc(CN2CCC(CO)CC2)c(F)c1. The van der Waals surface area contributed by atoms with Gasteiger partial charge in [-0.2, -0.15) is 0 Å². The van der Waals surface area contributed by atoms with Crippen molar-refractivity contribution >= 4 is 5.69 Å². The molecule has 6 heteroatoms. The average molecular weight is 268 g/mol. The molecule has 0 radical (unpaired) electrons. The highest BCUT2D eigenvalue weighted by atomic mass is 19.1. The van der Waals surface area contributed by atoms with Crippen molar-refractivity contribution in [1.82, 2.24) is 4.90 Å². The minimum absolute atomic E-state index is 0.208. The van der Waals surface area contributed by atoms with Crippen molar-refractivity contribution in [2.75, 3.05) is 19.7 Å². The third-order valence-electron chi connectivity index (χ3n) is 3.61. The Morgan fingerprint density at radius 2 is 2.11 bits per heavy atom. The zero-order valence-corrected chi connectivity index (χ0v) is 10.6. The van der Waals surface area contributed by atoms with E-state index in [1.165, 1.54) is 12.1 Å². The fourth-order valence-corrected chi connectivity index (χ4v) is 2.35. The molecule has 5 nitrogen and oxygen atoms in total. The van der Waals surface area contributed by atoms with E-state index in [1.54, 1.807) is 0 Å². The minimum Gasteiger partial charge on any atom is -0.396 e. The molecule has 0 saturated carbocycles. The van der Waals surface area contributed by atoms with Crippen LogP contribution in [0.1, 0.15) is 18.4 Å². The molecule has 0 aromatic heterocycles. The topological polar surface area (TPSA) is 66.6 Å². The van der Waals surface area contributed by atoms with E-state index in [9.17, 15) is 14.5 Å². The smallest absolute Gasteiger partial charge is 0.272 e. The quantitative estimate of drug-likeness (QED) is 0.669. The normalized spacial score (nSPS) is 17.6. The van der Waals surface area contributed by atoms with Gasteiger partial charge in [-0.05, 0) is 37.9 Å². The van der Waals surface area contributed by atoms with Crippen molar-refractivity contribution in [3.8, 4) is 0 Å². The van der Waals surface area contributed by atoms with E-state index >= 15 is 0 Å². The molecule has 1 fully saturated rings. The molecular weight excluding hydrogens is 251 g/mol. The Kier molecular flexibility index (Phi) is 4.44. The van der Waals surface area contributed by atoms with Gasteiger partial charge < -0.3 is 5.11 Å². The first kappa shape index (κ1) is 13.9. The van der Waals surface area contributed by atoms with Gasteiger partial charge in [0, 0.05) is 24.8 Å². The summed E-state index contributed by atoms with van der Waals surface area (Å²) in [6.45, 7) is 2.31. The number of halogens is 1. The Balaban J connectivity index is 1.98. The largest absolute Gasteiger partial charge is 0.396 e. The molecule has 1 aromatic carbocycles. The first-order valence-corrected chi connectivity index (χ1v) is 6.36. The van der Waals surface area contributed by atoms with Crippen LogP contribution in [0.15, 0.2) is 18.2 Å². The van der Waals surface area contributed by atoms with Crippen LogP contribution in [0.5, 0.6) is 0 Å². The molecule has 2 rings (SSSR count). The second-order valence-corrected chi connectivity index (χ2v) is 4.93. The molecule has 1 N–H and O–H groups in total. The molecule has 0 bridgehead atoms. The van der Waals surface area contributed by atoms with Gasteiger partial charge >= 0.3 is 0 Å². The summed E-state index contributed by atoms with van der Waals surface area (Å²) in [6.07, 6.45) is 1.82. The maximum absolute atomic E-state index is 13.7. The summed E-state index contributed by atoms with van der Waals surface area (Å²) in [5.41, 5.74) is 0.258. The van der Waals surface area contributed by atoms with E-state index < -0.39 is 10.7 Å². The molecule has 0 amide bonds. The maximum Gasteiger partial charge on any atom is 0.272 e. The van der Waals surface area contributed by atoms with Crippen LogP contribution in [0.25, 0.3) is 0 Å². The molecule has 0 atom stereocenters. The van der Waals surface area contributed by atoms with Crippen molar-refractivity contribution in [3.05, 3.63) is 39.7 Å². The number of nitrogens with zero attached hydrogens (tertiary/aromatic N) is 2. The fourth-order valence-electron chi connectivity index (χ4n) is 2.35. The number of benzene rings is 1. The number of aliphatic hydroxyl groups excluding tert-OH is 1. The second kappa shape index (κ2) is 6.08. The van der Waals surface area contributed by atoms with Gasteiger partial charge in [0.05, 0.1) is 11.0 Å². The summed E-state index contributed by atoms with van der Waals surface area (Å²) in [4.78, 5) is 12.0. The third-order valence-corrected chi connectivity index (χ3v) is 3.61. The number of nitro groups is 1. The van der Waals surface area contributed by atoms with E-state index in [4.69, 9.17) is 5.11 Å². The van der Waals surface area contributed by atoms with E-state index in [0.29, 0.717) is 18.0 Å². The monoisotopic (exact) mass is 268 g/mol. The Labute approximate surface area is 110 Å². The maximum atomic E-state index is 13.7. The average Bonchev–Trinajstić information content (AvgIpc) is 2.41. The predicted octanol–water partition coefficient (Wildman–Crippen LogP) is 1.94. The van der Waals surface area contributed by atoms with Crippen LogP contribution in [-0.2, 0) is 6.54 Å². The number of rotatable bonds is 4. The third kappa shape index (κ3) is 3.48. The van der Waals surface area contributed by atoms with Crippen molar-refractivity contribution < 1.29 is 14.4 Å². The number of non-ortho nitro benzene ring substituents is 1. The molecular formula is C13H17FN2O3. The lowest BCUT2D eigenvalue weighted by molar-refractivity contribution is -0.385. The van der Waals surface area contributed by atoms with Crippen LogP contribution in [0, 0.1) is 21.8 Å². The van der Waals surface area contributed by atoms with Crippen LogP contribution in [0.2, 0.25) is 0 Å². The second-order valence-electron chi connectivity index (χ2n) is 4.93. The van der Waals surface area contributed by atoms with E-state index in [-0.39, 0.29) is 12.3 Å². The summed E-state index contributed by atoms with van der Waals surface area (Å²) >= 11 is 0. The van der Waals surface area contributed by atoms with Crippen LogP contribution >= 0.6 is 0 Å². The van der Waals surface area contributed by atoms with Crippen molar-refractivity contribution in [1.29, 1.82) is 0 Å². The standard InChI is InChI=1S/C13H17FN2O3/c14-13-7-12(16(18)19)2-1-11(13)8-15-5-3-10(9-17)4-6-15/h1-2,7,10,17H,3-6,8-9H2. The Morgan fingerprint density at radius 3 is 2.63 bits per heavy atom. The van der Waals surface area contributed by atoms with Gasteiger partial charge in [-0.15, -0.1) is 0 Å². The predicted molar refractivity (Wildman–Crippen MR) is 68.1 cm³/mol. The number of nitro benzene ring substituents is 1. The molecule has 0 aliphatic carbocycles. The molecule has 1 aromatic rings. The van der Waals surface area contributed by atoms with Gasteiger partial charge in [-0.1, -0.05) is 0 Å². The number of likely N-dealkylation sites (tertiary alicyclic amines) is 1. The lowest BCUT2D eigenvalue weighted by Gasteiger charge is -2.31. The van der Waals surface area contributed by atoms with E-state index in [2.05, 4.69) is 4.90 Å².